The molecule has 10 rings (SSSR count). The minimum absolute atomic E-state index is 0.173. The van der Waals surface area contributed by atoms with E-state index in [1.54, 1.807) is 0 Å². The van der Waals surface area contributed by atoms with Crippen molar-refractivity contribution in [3.05, 3.63) is 169 Å². The Hall–Kier alpha value is -5.99. The summed E-state index contributed by atoms with van der Waals surface area (Å²) >= 11 is 0. The molecule has 2 nitrogen and oxygen atoms in total. The van der Waals surface area contributed by atoms with Crippen LogP contribution in [0.25, 0.3) is 82.7 Å². The summed E-state index contributed by atoms with van der Waals surface area (Å²) in [6, 6.07) is 57.3. The van der Waals surface area contributed by atoms with Crippen LogP contribution in [0, 0.1) is 0 Å². The van der Waals surface area contributed by atoms with Gasteiger partial charge in [0.05, 0.1) is 11.0 Å². The van der Waals surface area contributed by atoms with Crippen LogP contribution in [-0.2, 0) is 5.41 Å². The second kappa shape index (κ2) is 10.0. The molecule has 0 fully saturated rings. The molecular weight excluding hydrogens is 581 g/mol. The smallest absolute Gasteiger partial charge is 0.145 e. The monoisotopic (exact) mass is 612 g/mol. The molecule has 8 aromatic carbocycles. The quantitative estimate of drug-likeness (QED) is 0.182. The number of para-hydroxylation sites is 2. The summed E-state index contributed by atoms with van der Waals surface area (Å²) in [4.78, 5) is 5.06. The van der Waals surface area contributed by atoms with E-state index in [-0.39, 0.29) is 5.41 Å². The molecule has 226 valence electrons. The molecule has 1 aromatic heterocycles. The molecular formula is C46H32N2. The Morgan fingerprint density at radius 1 is 0.479 bits per heavy atom. The van der Waals surface area contributed by atoms with Gasteiger partial charge in [-0.3, -0.25) is 4.57 Å². The van der Waals surface area contributed by atoms with Gasteiger partial charge >= 0.3 is 0 Å². The van der Waals surface area contributed by atoms with Gasteiger partial charge in [0, 0.05) is 16.7 Å². The number of fused-ring (bicyclic) bond motifs is 11. The number of rotatable bonds is 3. The van der Waals surface area contributed by atoms with E-state index in [1.807, 2.05) is 0 Å². The average molecular weight is 613 g/mol. The van der Waals surface area contributed by atoms with Crippen LogP contribution in [0.2, 0.25) is 0 Å². The Morgan fingerprint density at radius 2 is 1.04 bits per heavy atom. The fourth-order valence-electron chi connectivity index (χ4n) is 8.42. The number of aromatic nitrogens is 2. The third-order valence-corrected chi connectivity index (χ3v) is 10.6. The van der Waals surface area contributed by atoms with Gasteiger partial charge < -0.3 is 0 Å². The fourth-order valence-corrected chi connectivity index (χ4v) is 8.42. The van der Waals surface area contributed by atoms with Gasteiger partial charge in [0.1, 0.15) is 5.82 Å². The van der Waals surface area contributed by atoms with Crippen LogP contribution >= 0.6 is 0 Å². The Kier molecular flexibility index (Phi) is 5.66. The SMILES string of the molecule is CC1(C)c2cc(-c3ccc(-n4c(-c5ccccc5)nc5ccccc54)cc3)c3ccccc3c2-c2c1c1ccccc1c1ccccc21. The first-order valence-corrected chi connectivity index (χ1v) is 16.7. The van der Waals surface area contributed by atoms with E-state index in [9.17, 15) is 0 Å². The minimum atomic E-state index is -0.173. The van der Waals surface area contributed by atoms with Crippen molar-refractivity contribution in [1.82, 2.24) is 9.55 Å². The van der Waals surface area contributed by atoms with E-state index in [1.165, 1.54) is 65.7 Å². The van der Waals surface area contributed by atoms with Crippen molar-refractivity contribution in [1.29, 1.82) is 0 Å². The molecule has 9 aromatic rings. The van der Waals surface area contributed by atoms with Crippen LogP contribution in [-0.4, -0.2) is 9.55 Å². The lowest BCUT2D eigenvalue weighted by Crippen LogP contribution is -2.16. The average Bonchev–Trinajstić information content (AvgIpc) is 3.65. The molecule has 0 amide bonds. The Morgan fingerprint density at radius 3 is 1.77 bits per heavy atom. The number of nitrogens with zero attached hydrogens (tertiary/aromatic N) is 2. The normalized spacial score (nSPS) is 13.4. The summed E-state index contributed by atoms with van der Waals surface area (Å²) in [7, 11) is 0. The predicted octanol–water partition coefficient (Wildman–Crippen LogP) is 12.1. The second-order valence-electron chi connectivity index (χ2n) is 13.5. The maximum atomic E-state index is 5.06. The molecule has 0 saturated heterocycles. The number of imidazole rings is 1. The number of benzene rings is 8. The molecule has 1 aliphatic carbocycles. The van der Waals surface area contributed by atoms with E-state index < -0.39 is 0 Å². The predicted molar refractivity (Wildman–Crippen MR) is 202 cm³/mol. The van der Waals surface area contributed by atoms with Crippen molar-refractivity contribution in [3.8, 4) is 39.3 Å². The van der Waals surface area contributed by atoms with Crippen molar-refractivity contribution in [3.63, 3.8) is 0 Å². The molecule has 0 bridgehead atoms. The molecule has 0 spiro atoms. The van der Waals surface area contributed by atoms with Gasteiger partial charge in [-0.15, -0.1) is 0 Å². The van der Waals surface area contributed by atoms with Crippen molar-refractivity contribution in [2.24, 2.45) is 0 Å². The van der Waals surface area contributed by atoms with Crippen LogP contribution in [0.3, 0.4) is 0 Å². The van der Waals surface area contributed by atoms with Gasteiger partial charge in [-0.1, -0.05) is 141 Å². The Bertz CT molecular complexity index is 2730. The van der Waals surface area contributed by atoms with Gasteiger partial charge in [0.25, 0.3) is 0 Å². The summed E-state index contributed by atoms with van der Waals surface area (Å²) in [6.07, 6.45) is 0. The lowest BCUT2D eigenvalue weighted by molar-refractivity contribution is 0.667. The highest BCUT2D eigenvalue weighted by atomic mass is 15.1. The summed E-state index contributed by atoms with van der Waals surface area (Å²) in [5, 5.41) is 7.93. The summed E-state index contributed by atoms with van der Waals surface area (Å²) < 4.78 is 2.28. The van der Waals surface area contributed by atoms with E-state index in [0.717, 1.165) is 28.1 Å². The summed E-state index contributed by atoms with van der Waals surface area (Å²) in [6.45, 7) is 4.82. The zero-order chi connectivity index (χ0) is 32.0. The lowest BCUT2D eigenvalue weighted by atomic mass is 9.78. The van der Waals surface area contributed by atoms with Gasteiger partial charge in [0.2, 0.25) is 0 Å². The zero-order valence-electron chi connectivity index (χ0n) is 26.9. The standard InChI is InChI=1S/C46H32N2/c1-46(2)39-28-38(29-24-26-31(27-25-29)48-41-23-13-12-22-40(41)47-45(48)30-14-4-3-5-15-30)34-18-7-9-19-35(34)42(39)43-36-20-10-6-16-32(36)33-17-8-11-21-37(33)44(43)46/h3-28H,1-2H3. The largest absolute Gasteiger partial charge is 0.292 e. The molecule has 48 heavy (non-hydrogen) atoms. The second-order valence-corrected chi connectivity index (χ2v) is 13.5. The Labute approximate surface area is 279 Å². The lowest BCUT2D eigenvalue weighted by Gasteiger charge is -2.25. The first kappa shape index (κ1) is 27.2. The van der Waals surface area contributed by atoms with Gasteiger partial charge in [0.15, 0.2) is 0 Å². The maximum Gasteiger partial charge on any atom is 0.145 e. The van der Waals surface area contributed by atoms with Crippen LogP contribution in [0.4, 0.5) is 0 Å². The van der Waals surface area contributed by atoms with Crippen LogP contribution < -0.4 is 0 Å². The summed E-state index contributed by atoms with van der Waals surface area (Å²) in [5.41, 5.74) is 12.2. The van der Waals surface area contributed by atoms with Gasteiger partial charge in [-0.2, -0.15) is 0 Å². The molecule has 0 N–H and O–H groups in total. The topological polar surface area (TPSA) is 17.8 Å². The molecule has 0 saturated carbocycles. The van der Waals surface area contributed by atoms with Crippen LogP contribution in [0.15, 0.2) is 158 Å². The zero-order valence-corrected chi connectivity index (χ0v) is 26.9. The molecule has 0 aliphatic heterocycles. The van der Waals surface area contributed by atoms with Crippen LogP contribution in [0.5, 0.6) is 0 Å². The highest BCUT2D eigenvalue weighted by Crippen LogP contribution is 2.57. The minimum Gasteiger partial charge on any atom is -0.292 e. The van der Waals surface area contributed by atoms with Crippen molar-refractivity contribution in [2.75, 3.05) is 0 Å². The molecule has 2 heteroatoms. The van der Waals surface area contributed by atoms with Gasteiger partial charge in [-0.25, -0.2) is 4.98 Å². The van der Waals surface area contributed by atoms with E-state index in [0.29, 0.717) is 0 Å². The fraction of sp³-hybridized carbons (Fsp3) is 0.0652. The molecule has 1 aliphatic rings. The van der Waals surface area contributed by atoms with Gasteiger partial charge in [-0.05, 0) is 96.0 Å². The van der Waals surface area contributed by atoms with Crippen molar-refractivity contribution >= 4 is 43.4 Å². The molecule has 1 heterocycles. The highest BCUT2D eigenvalue weighted by Gasteiger charge is 2.40. The maximum absolute atomic E-state index is 5.06. The molecule has 0 radical (unpaired) electrons. The first-order valence-electron chi connectivity index (χ1n) is 16.7. The number of hydrogen-bond acceptors (Lipinski definition) is 1. The number of hydrogen-bond donors (Lipinski definition) is 0. The van der Waals surface area contributed by atoms with E-state index in [4.69, 9.17) is 4.98 Å². The molecule has 0 atom stereocenters. The summed E-state index contributed by atoms with van der Waals surface area (Å²) in [5.74, 6) is 0.950. The highest BCUT2D eigenvalue weighted by molar-refractivity contribution is 6.22. The molecule has 0 unspecified atom stereocenters. The van der Waals surface area contributed by atoms with Crippen molar-refractivity contribution in [2.45, 2.75) is 19.3 Å². The first-order chi connectivity index (χ1) is 23.6. The van der Waals surface area contributed by atoms with E-state index >= 15 is 0 Å². The third kappa shape index (κ3) is 3.72. The third-order valence-electron chi connectivity index (χ3n) is 10.6. The van der Waals surface area contributed by atoms with Crippen LogP contribution in [0.1, 0.15) is 25.0 Å². The van der Waals surface area contributed by atoms with E-state index in [2.05, 4.69) is 176 Å². The van der Waals surface area contributed by atoms with Crippen molar-refractivity contribution < 1.29 is 0 Å². The Balaban J connectivity index is 1.20.